The van der Waals surface area contributed by atoms with E-state index in [1.165, 1.54) is 6.08 Å². The summed E-state index contributed by atoms with van der Waals surface area (Å²) in [6, 6.07) is 14.7. The van der Waals surface area contributed by atoms with Crippen LogP contribution in [0.2, 0.25) is 5.02 Å². The van der Waals surface area contributed by atoms with Gasteiger partial charge in [-0.2, -0.15) is 0 Å². The van der Waals surface area contributed by atoms with Gasteiger partial charge in [-0.3, -0.25) is 4.79 Å². The molecule has 0 fully saturated rings. The maximum absolute atomic E-state index is 11.8. The Kier molecular flexibility index (Phi) is 5.55. The number of aliphatic hydroxyl groups excluding tert-OH is 1. The molecule has 2 aromatic carbocycles. The number of carbonyl (C=O) groups excluding carboxylic acids is 1. The van der Waals surface area contributed by atoms with Gasteiger partial charge < -0.3 is 10.4 Å². The van der Waals surface area contributed by atoms with E-state index in [4.69, 9.17) is 16.7 Å². The molecule has 0 unspecified atom stereocenters. The standard InChI is InChI=1S/C17H16ClNO2/c18-16-4-2-1-3-14(16)7-10-17(21)19-15-8-5-13(6-9-15)11-12-20/h1-10,20H,11-12H2,(H,19,21). The lowest BCUT2D eigenvalue weighted by molar-refractivity contribution is -0.111. The van der Waals surface area contributed by atoms with Crippen LogP contribution in [0.15, 0.2) is 54.6 Å². The van der Waals surface area contributed by atoms with E-state index in [1.54, 1.807) is 12.1 Å². The summed E-state index contributed by atoms with van der Waals surface area (Å²) in [5.74, 6) is -0.218. The number of halogens is 1. The zero-order valence-corrected chi connectivity index (χ0v) is 12.2. The Hall–Kier alpha value is -2.10. The van der Waals surface area contributed by atoms with Crippen molar-refractivity contribution in [3.05, 3.63) is 70.8 Å². The van der Waals surface area contributed by atoms with E-state index in [0.29, 0.717) is 17.1 Å². The van der Waals surface area contributed by atoms with E-state index in [-0.39, 0.29) is 12.5 Å². The Balaban J connectivity index is 1.97. The van der Waals surface area contributed by atoms with Gasteiger partial charge in [0.2, 0.25) is 5.91 Å². The molecule has 0 radical (unpaired) electrons. The number of carbonyl (C=O) groups is 1. The average Bonchev–Trinajstić information content (AvgIpc) is 2.49. The summed E-state index contributed by atoms with van der Waals surface area (Å²) in [4.78, 5) is 11.8. The predicted molar refractivity (Wildman–Crippen MR) is 86.3 cm³/mol. The predicted octanol–water partition coefficient (Wildman–Crippen LogP) is 3.53. The molecule has 108 valence electrons. The van der Waals surface area contributed by atoms with E-state index >= 15 is 0 Å². The van der Waals surface area contributed by atoms with Crippen molar-refractivity contribution in [2.24, 2.45) is 0 Å². The SMILES string of the molecule is O=C(C=Cc1ccccc1Cl)Nc1ccc(CCO)cc1. The molecule has 2 aromatic rings. The summed E-state index contributed by atoms with van der Waals surface area (Å²) in [5, 5.41) is 12.2. The minimum absolute atomic E-state index is 0.117. The summed E-state index contributed by atoms with van der Waals surface area (Å²) >= 11 is 6.01. The molecule has 0 aromatic heterocycles. The monoisotopic (exact) mass is 301 g/mol. The van der Waals surface area contributed by atoms with Gasteiger partial charge in [0.05, 0.1) is 0 Å². The number of aliphatic hydroxyl groups is 1. The highest BCUT2D eigenvalue weighted by Crippen LogP contribution is 2.16. The third-order valence-electron chi connectivity index (χ3n) is 2.94. The molecule has 0 atom stereocenters. The fraction of sp³-hybridized carbons (Fsp3) is 0.118. The topological polar surface area (TPSA) is 49.3 Å². The van der Waals surface area contributed by atoms with Crippen LogP contribution in [-0.4, -0.2) is 17.6 Å². The second kappa shape index (κ2) is 7.62. The fourth-order valence-electron chi connectivity index (χ4n) is 1.84. The minimum atomic E-state index is -0.218. The van der Waals surface area contributed by atoms with Gasteiger partial charge >= 0.3 is 0 Å². The first-order valence-electron chi connectivity index (χ1n) is 6.62. The minimum Gasteiger partial charge on any atom is -0.396 e. The lowest BCUT2D eigenvalue weighted by atomic mass is 10.1. The first kappa shape index (κ1) is 15.3. The van der Waals surface area contributed by atoms with Crippen molar-refractivity contribution in [1.82, 2.24) is 0 Å². The number of hydrogen-bond acceptors (Lipinski definition) is 2. The second-order valence-corrected chi connectivity index (χ2v) is 4.92. The van der Waals surface area contributed by atoms with E-state index in [1.807, 2.05) is 42.5 Å². The van der Waals surface area contributed by atoms with Crippen LogP contribution < -0.4 is 5.32 Å². The summed E-state index contributed by atoms with van der Waals surface area (Å²) in [6.07, 6.45) is 3.74. The van der Waals surface area contributed by atoms with Crippen LogP contribution in [-0.2, 0) is 11.2 Å². The van der Waals surface area contributed by atoms with Crippen molar-refractivity contribution in [2.75, 3.05) is 11.9 Å². The number of nitrogens with one attached hydrogen (secondary N) is 1. The third kappa shape index (κ3) is 4.74. The molecule has 0 saturated heterocycles. The van der Waals surface area contributed by atoms with Crippen molar-refractivity contribution in [2.45, 2.75) is 6.42 Å². The molecule has 0 spiro atoms. The summed E-state index contributed by atoms with van der Waals surface area (Å²) in [7, 11) is 0. The van der Waals surface area contributed by atoms with Gasteiger partial charge in [-0.05, 0) is 41.8 Å². The van der Waals surface area contributed by atoms with Gasteiger partial charge in [-0.15, -0.1) is 0 Å². The normalized spacial score (nSPS) is 10.8. The smallest absolute Gasteiger partial charge is 0.248 e. The lowest BCUT2D eigenvalue weighted by Gasteiger charge is -2.04. The van der Waals surface area contributed by atoms with Crippen LogP contribution in [0, 0.1) is 0 Å². The zero-order valence-electron chi connectivity index (χ0n) is 11.4. The first-order valence-corrected chi connectivity index (χ1v) is 7.00. The van der Waals surface area contributed by atoms with Gasteiger partial charge in [0, 0.05) is 23.4 Å². The molecular formula is C17H16ClNO2. The van der Waals surface area contributed by atoms with Crippen molar-refractivity contribution in [3.8, 4) is 0 Å². The highest BCUT2D eigenvalue weighted by molar-refractivity contribution is 6.32. The van der Waals surface area contributed by atoms with Crippen molar-refractivity contribution in [1.29, 1.82) is 0 Å². The van der Waals surface area contributed by atoms with Crippen LogP contribution in [0.5, 0.6) is 0 Å². The highest BCUT2D eigenvalue weighted by atomic mass is 35.5. The Labute approximate surface area is 128 Å². The highest BCUT2D eigenvalue weighted by Gasteiger charge is 1.99. The van der Waals surface area contributed by atoms with E-state index < -0.39 is 0 Å². The molecule has 21 heavy (non-hydrogen) atoms. The Morgan fingerprint density at radius 2 is 1.86 bits per heavy atom. The van der Waals surface area contributed by atoms with Crippen molar-refractivity contribution < 1.29 is 9.90 Å². The second-order valence-electron chi connectivity index (χ2n) is 4.51. The number of amides is 1. The molecule has 3 nitrogen and oxygen atoms in total. The van der Waals surface area contributed by atoms with Crippen LogP contribution in [0.3, 0.4) is 0 Å². The molecule has 2 N–H and O–H groups in total. The Morgan fingerprint density at radius 3 is 2.52 bits per heavy atom. The molecule has 0 aliphatic carbocycles. The number of anilines is 1. The Bertz CT molecular complexity index is 635. The van der Waals surface area contributed by atoms with Gasteiger partial charge in [-0.1, -0.05) is 41.9 Å². The van der Waals surface area contributed by atoms with Crippen LogP contribution >= 0.6 is 11.6 Å². The maximum Gasteiger partial charge on any atom is 0.248 e. The maximum atomic E-state index is 11.8. The van der Waals surface area contributed by atoms with Gasteiger partial charge in [-0.25, -0.2) is 0 Å². The number of benzene rings is 2. The first-order chi connectivity index (χ1) is 10.2. The van der Waals surface area contributed by atoms with Crippen LogP contribution in [0.1, 0.15) is 11.1 Å². The summed E-state index contributed by atoms with van der Waals surface area (Å²) < 4.78 is 0. The van der Waals surface area contributed by atoms with Crippen LogP contribution in [0.25, 0.3) is 6.08 Å². The quantitative estimate of drug-likeness (QED) is 0.830. The molecule has 0 aliphatic rings. The zero-order chi connectivity index (χ0) is 15.1. The summed E-state index contributed by atoms with van der Waals surface area (Å²) in [5.41, 5.74) is 2.54. The summed E-state index contributed by atoms with van der Waals surface area (Å²) in [6.45, 7) is 0.117. The van der Waals surface area contributed by atoms with Gasteiger partial charge in [0.1, 0.15) is 0 Å². The average molecular weight is 302 g/mol. The van der Waals surface area contributed by atoms with Crippen molar-refractivity contribution in [3.63, 3.8) is 0 Å². The lowest BCUT2D eigenvalue weighted by Crippen LogP contribution is -2.07. The molecule has 0 bridgehead atoms. The molecule has 0 aliphatic heterocycles. The van der Waals surface area contributed by atoms with E-state index in [9.17, 15) is 4.79 Å². The number of hydrogen-bond donors (Lipinski definition) is 2. The molecule has 4 heteroatoms. The molecule has 0 heterocycles. The van der Waals surface area contributed by atoms with Gasteiger partial charge in [0.15, 0.2) is 0 Å². The molecule has 2 rings (SSSR count). The van der Waals surface area contributed by atoms with E-state index in [0.717, 1.165) is 11.1 Å². The van der Waals surface area contributed by atoms with Crippen LogP contribution in [0.4, 0.5) is 5.69 Å². The molecule has 1 amide bonds. The fourth-order valence-corrected chi connectivity index (χ4v) is 2.04. The Morgan fingerprint density at radius 1 is 1.14 bits per heavy atom. The molecule has 0 saturated carbocycles. The van der Waals surface area contributed by atoms with E-state index in [2.05, 4.69) is 5.32 Å². The largest absolute Gasteiger partial charge is 0.396 e. The van der Waals surface area contributed by atoms with Crippen molar-refractivity contribution >= 4 is 29.3 Å². The molecular weight excluding hydrogens is 286 g/mol. The van der Waals surface area contributed by atoms with Gasteiger partial charge in [0.25, 0.3) is 0 Å². The number of rotatable bonds is 5. The third-order valence-corrected chi connectivity index (χ3v) is 3.29.